The lowest BCUT2D eigenvalue weighted by Crippen LogP contribution is -2.40. The molecule has 0 aromatic heterocycles. The molecule has 2 unspecified atom stereocenters. The van der Waals surface area contributed by atoms with Crippen LogP contribution < -0.4 is 0 Å². The normalized spacial score (nSPS) is 13.3. The smallest absolute Gasteiger partial charge is 0.361 e. The van der Waals surface area contributed by atoms with Crippen LogP contribution in [0.2, 0.25) is 0 Å². The van der Waals surface area contributed by atoms with Gasteiger partial charge in [-0.25, -0.2) is 4.79 Å². The number of hydrogen-bond acceptors (Lipinski definition) is 7. The fourth-order valence-electron chi connectivity index (χ4n) is 10.3. The molecule has 9 nitrogen and oxygen atoms in total. The van der Waals surface area contributed by atoms with Crippen LogP contribution in [0.1, 0.15) is 316 Å². The van der Waals surface area contributed by atoms with Gasteiger partial charge in [0.1, 0.15) is 13.2 Å². The molecule has 1 N–H and O–H groups in total. The molecule has 0 fully saturated rings. The van der Waals surface area contributed by atoms with Crippen molar-refractivity contribution in [2.45, 2.75) is 328 Å². The molecule has 0 rings (SSSR count). The van der Waals surface area contributed by atoms with E-state index in [1.807, 2.05) is 21.1 Å². The van der Waals surface area contributed by atoms with E-state index in [-0.39, 0.29) is 38.6 Å². The van der Waals surface area contributed by atoms with Gasteiger partial charge in [-0.05, 0) is 77.0 Å². The molecule has 0 aliphatic heterocycles. The first-order chi connectivity index (χ1) is 43.1. The molecule has 0 aromatic carbocycles. The van der Waals surface area contributed by atoms with Crippen LogP contribution in [-0.2, 0) is 33.3 Å². The zero-order chi connectivity index (χ0) is 64.0. The van der Waals surface area contributed by atoms with E-state index in [0.717, 1.165) is 77.0 Å². The molecule has 0 spiro atoms. The second-order valence-corrected chi connectivity index (χ2v) is 25.5. The fraction of sp³-hybridized carbons (Fsp3) is 0.734. The van der Waals surface area contributed by atoms with E-state index >= 15 is 0 Å². The number of esters is 2. The van der Waals surface area contributed by atoms with Crippen LogP contribution in [0.25, 0.3) is 0 Å². The summed E-state index contributed by atoms with van der Waals surface area (Å²) in [7, 11) is 5.96. The molecule has 9 heteroatoms. The number of carboxylic acids is 1. The number of carbonyl (C=O) groups is 3. The van der Waals surface area contributed by atoms with Crippen LogP contribution in [0.3, 0.4) is 0 Å². The minimum Gasteiger partial charge on any atom is -0.477 e. The maximum Gasteiger partial charge on any atom is 0.361 e. The monoisotopic (exact) mass is 1230 g/mol. The Morgan fingerprint density at radius 3 is 0.955 bits per heavy atom. The minimum atomic E-state index is -1.53. The number of likely N-dealkylation sites (N-methyl/N-ethyl adjacent to an activating group) is 1. The van der Waals surface area contributed by atoms with E-state index in [2.05, 4.69) is 123 Å². The summed E-state index contributed by atoms with van der Waals surface area (Å²) >= 11 is 0. The van der Waals surface area contributed by atoms with Crippen molar-refractivity contribution < 1.29 is 42.9 Å². The Morgan fingerprint density at radius 1 is 0.352 bits per heavy atom. The summed E-state index contributed by atoms with van der Waals surface area (Å²) in [5.41, 5.74) is 0. The van der Waals surface area contributed by atoms with Gasteiger partial charge in [0.2, 0.25) is 0 Å². The van der Waals surface area contributed by atoms with Gasteiger partial charge in [0.05, 0.1) is 34.4 Å². The van der Waals surface area contributed by atoms with E-state index in [1.54, 1.807) is 0 Å². The summed E-state index contributed by atoms with van der Waals surface area (Å²) in [6.45, 7) is 4.73. The third-order valence-electron chi connectivity index (χ3n) is 15.8. The summed E-state index contributed by atoms with van der Waals surface area (Å²) in [5, 5.41) is 9.75. The van der Waals surface area contributed by atoms with E-state index in [4.69, 9.17) is 18.9 Å². The SMILES string of the molecule is CC/C=C\C/C=C\C/C=C\C/C=C\C/C=C\C/C=C\C/C=C\C/C=C\C/C=C\CCCC(=O)OC(COC(=O)CCCCCCCCCCCCCCCCCCCCCCCCCCCCCCCCCCCC)COC(OCC[N+](C)(C)C)C(=O)O. The Bertz CT molecular complexity index is 1810. The number of rotatable bonds is 67. The van der Waals surface area contributed by atoms with Gasteiger partial charge in [0.15, 0.2) is 6.10 Å². The van der Waals surface area contributed by atoms with Gasteiger partial charge in [-0.15, -0.1) is 0 Å². The van der Waals surface area contributed by atoms with Gasteiger partial charge in [-0.3, -0.25) is 9.59 Å². The number of carbonyl (C=O) groups excluding carboxylic acids is 2. The first-order valence-electron chi connectivity index (χ1n) is 36.6. The minimum absolute atomic E-state index is 0.172. The van der Waals surface area contributed by atoms with Gasteiger partial charge < -0.3 is 28.5 Å². The Morgan fingerprint density at radius 2 is 0.648 bits per heavy atom. The molecule has 0 saturated carbocycles. The van der Waals surface area contributed by atoms with Crippen molar-refractivity contribution in [3.05, 3.63) is 109 Å². The van der Waals surface area contributed by atoms with Crippen molar-refractivity contribution in [3.63, 3.8) is 0 Å². The first kappa shape index (κ1) is 84.0. The summed E-state index contributed by atoms with van der Waals surface area (Å²) < 4.78 is 22.9. The lowest BCUT2D eigenvalue weighted by molar-refractivity contribution is -0.870. The predicted octanol–water partition coefficient (Wildman–Crippen LogP) is 23.0. The molecule has 0 amide bonds. The molecular formula is C79H138NO8+. The second kappa shape index (κ2) is 68.9. The highest BCUT2D eigenvalue weighted by molar-refractivity contribution is 5.71. The van der Waals surface area contributed by atoms with E-state index < -0.39 is 24.3 Å². The Kier molecular flexibility index (Phi) is 65.7. The molecule has 0 bridgehead atoms. The molecule has 0 radical (unpaired) electrons. The van der Waals surface area contributed by atoms with Crippen LogP contribution in [0.5, 0.6) is 0 Å². The van der Waals surface area contributed by atoms with Gasteiger partial charge >= 0.3 is 17.9 Å². The number of nitrogens with zero attached hydrogens (tertiary/aromatic N) is 1. The summed E-state index contributed by atoms with van der Waals surface area (Å²) in [6, 6.07) is 0. The van der Waals surface area contributed by atoms with Crippen molar-refractivity contribution in [1.29, 1.82) is 0 Å². The number of carboxylic acid groups (broad SMARTS) is 1. The number of unbranched alkanes of at least 4 members (excludes halogenated alkanes) is 34. The average Bonchev–Trinajstić information content (AvgIpc) is 3.54. The van der Waals surface area contributed by atoms with E-state index in [1.165, 1.54) is 199 Å². The fourth-order valence-corrected chi connectivity index (χ4v) is 10.3. The molecule has 2 atom stereocenters. The third-order valence-corrected chi connectivity index (χ3v) is 15.8. The van der Waals surface area contributed by atoms with Crippen LogP contribution in [0.4, 0.5) is 0 Å². The number of hydrogen-bond donors (Lipinski definition) is 1. The first-order valence-corrected chi connectivity index (χ1v) is 36.6. The van der Waals surface area contributed by atoms with Gasteiger partial charge in [0.25, 0.3) is 6.29 Å². The molecule has 0 heterocycles. The molecule has 0 saturated heterocycles. The van der Waals surface area contributed by atoms with Crippen molar-refractivity contribution in [2.75, 3.05) is 47.5 Å². The maximum absolute atomic E-state index is 12.9. The van der Waals surface area contributed by atoms with E-state index in [0.29, 0.717) is 23.9 Å². The highest BCUT2D eigenvalue weighted by atomic mass is 16.7. The van der Waals surface area contributed by atoms with Crippen LogP contribution >= 0.6 is 0 Å². The summed E-state index contributed by atoms with van der Waals surface area (Å²) in [6.07, 6.45) is 93.8. The van der Waals surface area contributed by atoms with E-state index in [9.17, 15) is 19.5 Å². The molecule has 506 valence electrons. The average molecular weight is 1230 g/mol. The number of quaternary nitrogens is 1. The quantitative estimate of drug-likeness (QED) is 0.0211. The van der Waals surface area contributed by atoms with Crippen LogP contribution in [0, 0.1) is 0 Å². The molecule has 0 aromatic rings. The van der Waals surface area contributed by atoms with Gasteiger partial charge in [-0.2, -0.15) is 0 Å². The highest BCUT2D eigenvalue weighted by Crippen LogP contribution is 2.18. The number of ether oxygens (including phenoxy) is 4. The Balaban J connectivity index is 4.16. The number of aliphatic carboxylic acids is 1. The third kappa shape index (κ3) is 69.4. The van der Waals surface area contributed by atoms with Crippen molar-refractivity contribution >= 4 is 17.9 Å². The summed E-state index contributed by atoms with van der Waals surface area (Å²) in [4.78, 5) is 37.6. The molecule has 0 aliphatic carbocycles. The number of allylic oxidation sites excluding steroid dienone is 18. The molecular weight excluding hydrogens is 1090 g/mol. The lowest BCUT2D eigenvalue weighted by atomic mass is 10.0. The van der Waals surface area contributed by atoms with Crippen molar-refractivity contribution in [2.24, 2.45) is 0 Å². The van der Waals surface area contributed by atoms with Gasteiger partial charge in [-0.1, -0.05) is 335 Å². The largest absolute Gasteiger partial charge is 0.477 e. The van der Waals surface area contributed by atoms with Crippen LogP contribution in [0.15, 0.2) is 109 Å². The zero-order valence-corrected chi connectivity index (χ0v) is 57.9. The lowest BCUT2D eigenvalue weighted by Gasteiger charge is -2.25. The predicted molar refractivity (Wildman–Crippen MR) is 378 cm³/mol. The second-order valence-electron chi connectivity index (χ2n) is 25.5. The molecule has 88 heavy (non-hydrogen) atoms. The molecule has 0 aliphatic rings. The Hall–Kier alpha value is -4.05. The standard InChI is InChI=1S/C79H137NO8/c1-6-8-10-12-14-16-18-20-22-24-26-28-30-32-34-36-37-38-39-40-42-43-45-47-49-51-53-55-57-59-61-63-65-67-69-76(81)86-73-75(74-87-79(78(83)84)85-72-71-80(3,4)5)88-77(82)70-68-66-64-62-60-58-56-54-52-50-48-46-44-41-35-33-31-29-27-25-23-21-19-17-15-13-11-9-7-2/h9,11,15,17,21,23,27,29,33,35,44,46,50,52,56,58,62,64,75,79H,6-8,10,12-14,16,18-20,22,24-26,28,30-32,34,36-43,45,47-49,51,53-55,57,59-61,63,65-74H2,1-5H3/p+1/b11-9-,17-15-,23-21-,29-27-,35-33-,46-44-,52-50-,58-56-,64-62-. The van der Waals surface area contributed by atoms with Crippen molar-refractivity contribution in [3.8, 4) is 0 Å². The van der Waals surface area contributed by atoms with Crippen LogP contribution in [-0.4, -0.2) is 87.4 Å². The maximum atomic E-state index is 12.9. The zero-order valence-electron chi connectivity index (χ0n) is 57.9. The van der Waals surface area contributed by atoms with Crippen molar-refractivity contribution in [1.82, 2.24) is 0 Å². The topological polar surface area (TPSA) is 108 Å². The summed E-state index contributed by atoms with van der Waals surface area (Å²) in [5.74, 6) is -2.08. The Labute approximate surface area is 543 Å². The highest BCUT2D eigenvalue weighted by Gasteiger charge is 2.25. The van der Waals surface area contributed by atoms with Gasteiger partial charge in [0, 0.05) is 12.8 Å².